The fourth-order valence-corrected chi connectivity index (χ4v) is 0.996. The molecule has 1 unspecified atom stereocenters. The van der Waals surface area contributed by atoms with Crippen molar-refractivity contribution in [3.8, 4) is 0 Å². The second kappa shape index (κ2) is 6.65. The highest BCUT2D eigenvalue weighted by Crippen LogP contribution is 2.24. The van der Waals surface area contributed by atoms with E-state index in [0.29, 0.717) is 11.4 Å². The first-order chi connectivity index (χ1) is 6.02. The minimum absolute atomic E-state index is 0.0163. The smallest absolute Gasteiger partial charge is 0.0992 e. The van der Waals surface area contributed by atoms with Crippen molar-refractivity contribution in [2.45, 2.75) is 38.0 Å². The molecular weight excluding hydrogens is 186 g/mol. The Bertz CT molecular complexity index is 131. The van der Waals surface area contributed by atoms with Crippen LogP contribution in [-0.4, -0.2) is 30.3 Å². The predicted molar refractivity (Wildman–Crippen MR) is 57.8 cm³/mol. The Morgan fingerprint density at radius 2 is 2.08 bits per heavy atom. The first-order valence-corrected chi connectivity index (χ1v) is 5.73. The van der Waals surface area contributed by atoms with Crippen LogP contribution in [0.2, 0.25) is 0 Å². The molecule has 1 atom stereocenters. The number of hydrogen-bond acceptors (Lipinski definition) is 4. The van der Waals surface area contributed by atoms with Crippen molar-refractivity contribution < 1.29 is 9.57 Å². The standard InChI is InChI=1S/C9H21NO2S/c1-8(12-10)7-11-6-5-9(2,3)13-4/h8H,5-7,10H2,1-4H3. The van der Waals surface area contributed by atoms with Gasteiger partial charge in [0.2, 0.25) is 0 Å². The van der Waals surface area contributed by atoms with E-state index in [1.165, 1.54) is 0 Å². The molecule has 2 N–H and O–H groups in total. The molecule has 0 spiro atoms. The minimum atomic E-state index is -0.0163. The SMILES string of the molecule is CSC(C)(C)CCOCC(C)ON. The summed E-state index contributed by atoms with van der Waals surface area (Å²) in [6.07, 6.45) is 3.15. The maximum absolute atomic E-state index is 5.41. The molecule has 0 saturated carbocycles. The van der Waals surface area contributed by atoms with Gasteiger partial charge < -0.3 is 4.74 Å². The maximum atomic E-state index is 5.41. The van der Waals surface area contributed by atoms with Crippen LogP contribution in [0.3, 0.4) is 0 Å². The van der Waals surface area contributed by atoms with E-state index in [-0.39, 0.29) is 6.10 Å². The molecular formula is C9H21NO2S. The number of rotatable bonds is 7. The van der Waals surface area contributed by atoms with Crippen molar-refractivity contribution in [3.63, 3.8) is 0 Å². The average molecular weight is 207 g/mol. The van der Waals surface area contributed by atoms with Crippen LogP contribution in [0.5, 0.6) is 0 Å². The molecule has 0 aromatic heterocycles. The van der Waals surface area contributed by atoms with Crippen molar-refractivity contribution in [1.82, 2.24) is 0 Å². The molecule has 3 nitrogen and oxygen atoms in total. The summed E-state index contributed by atoms with van der Waals surface area (Å²) in [5.41, 5.74) is 0. The van der Waals surface area contributed by atoms with E-state index in [0.717, 1.165) is 13.0 Å². The van der Waals surface area contributed by atoms with E-state index < -0.39 is 0 Å². The Labute approximate surface area is 85.3 Å². The van der Waals surface area contributed by atoms with Crippen LogP contribution in [0.25, 0.3) is 0 Å². The van der Waals surface area contributed by atoms with Crippen LogP contribution >= 0.6 is 11.8 Å². The Balaban J connectivity index is 3.35. The van der Waals surface area contributed by atoms with Crippen LogP contribution in [-0.2, 0) is 9.57 Å². The summed E-state index contributed by atoms with van der Waals surface area (Å²) >= 11 is 1.86. The number of nitrogens with two attached hydrogens (primary N) is 1. The monoisotopic (exact) mass is 207 g/mol. The van der Waals surface area contributed by atoms with Gasteiger partial charge in [0.1, 0.15) is 0 Å². The molecule has 0 saturated heterocycles. The highest BCUT2D eigenvalue weighted by Gasteiger charge is 2.15. The molecule has 13 heavy (non-hydrogen) atoms. The van der Waals surface area contributed by atoms with Crippen molar-refractivity contribution >= 4 is 11.8 Å². The lowest BCUT2D eigenvalue weighted by molar-refractivity contribution is -0.00910. The summed E-state index contributed by atoms with van der Waals surface area (Å²) in [5.74, 6) is 4.98. The number of thioether (sulfide) groups is 1. The van der Waals surface area contributed by atoms with Crippen LogP contribution in [0.1, 0.15) is 27.2 Å². The lowest BCUT2D eigenvalue weighted by Gasteiger charge is -2.21. The molecule has 0 bridgehead atoms. The Morgan fingerprint density at radius 3 is 2.54 bits per heavy atom. The molecule has 4 heteroatoms. The zero-order valence-electron chi connectivity index (χ0n) is 9.00. The lowest BCUT2D eigenvalue weighted by Crippen LogP contribution is -2.22. The normalized spacial score (nSPS) is 14.5. The van der Waals surface area contributed by atoms with Gasteiger partial charge in [0.05, 0.1) is 12.7 Å². The van der Waals surface area contributed by atoms with Gasteiger partial charge in [-0.15, -0.1) is 0 Å². The number of hydrogen-bond donors (Lipinski definition) is 1. The maximum Gasteiger partial charge on any atom is 0.0992 e. The highest BCUT2D eigenvalue weighted by atomic mass is 32.2. The van der Waals surface area contributed by atoms with Crippen molar-refractivity contribution in [2.75, 3.05) is 19.5 Å². The molecule has 0 fully saturated rings. The predicted octanol–water partition coefficient (Wildman–Crippen LogP) is 1.81. The van der Waals surface area contributed by atoms with E-state index >= 15 is 0 Å². The summed E-state index contributed by atoms with van der Waals surface area (Å²) in [6.45, 7) is 7.65. The summed E-state index contributed by atoms with van der Waals surface area (Å²) < 4.78 is 5.70. The molecule has 0 rings (SSSR count). The van der Waals surface area contributed by atoms with Gasteiger partial charge in [-0.25, -0.2) is 5.90 Å². The molecule has 0 amide bonds. The van der Waals surface area contributed by atoms with Gasteiger partial charge >= 0.3 is 0 Å². The fraction of sp³-hybridized carbons (Fsp3) is 1.00. The third kappa shape index (κ3) is 7.31. The van der Waals surface area contributed by atoms with E-state index in [9.17, 15) is 0 Å². The van der Waals surface area contributed by atoms with Crippen LogP contribution in [0.15, 0.2) is 0 Å². The minimum Gasteiger partial charge on any atom is -0.379 e. The Morgan fingerprint density at radius 1 is 1.46 bits per heavy atom. The van der Waals surface area contributed by atoms with Gasteiger partial charge in [-0.05, 0) is 19.6 Å². The zero-order valence-corrected chi connectivity index (χ0v) is 9.82. The van der Waals surface area contributed by atoms with Crippen molar-refractivity contribution in [2.24, 2.45) is 5.90 Å². The molecule has 0 aliphatic heterocycles. The van der Waals surface area contributed by atoms with Crippen molar-refractivity contribution in [1.29, 1.82) is 0 Å². The van der Waals surface area contributed by atoms with E-state index in [1.54, 1.807) is 0 Å². The van der Waals surface area contributed by atoms with Gasteiger partial charge in [0, 0.05) is 11.4 Å². The average Bonchev–Trinajstić information content (AvgIpc) is 2.12. The quantitative estimate of drug-likeness (QED) is 0.511. The molecule has 0 aliphatic carbocycles. The summed E-state index contributed by atoms with van der Waals surface area (Å²) in [5, 5.41) is 0. The highest BCUT2D eigenvalue weighted by molar-refractivity contribution is 7.99. The van der Waals surface area contributed by atoms with Crippen LogP contribution in [0.4, 0.5) is 0 Å². The third-order valence-electron chi connectivity index (χ3n) is 1.99. The van der Waals surface area contributed by atoms with Gasteiger partial charge in [0.15, 0.2) is 0 Å². The summed E-state index contributed by atoms with van der Waals surface area (Å²) in [4.78, 5) is 4.58. The third-order valence-corrected chi connectivity index (χ3v) is 3.30. The molecule has 0 heterocycles. The van der Waals surface area contributed by atoms with E-state index in [4.69, 9.17) is 10.6 Å². The molecule has 0 aromatic rings. The first-order valence-electron chi connectivity index (χ1n) is 4.50. The Kier molecular flexibility index (Phi) is 6.77. The summed E-state index contributed by atoms with van der Waals surface area (Å²) in [7, 11) is 0. The van der Waals surface area contributed by atoms with Crippen LogP contribution < -0.4 is 5.90 Å². The topological polar surface area (TPSA) is 44.5 Å². The lowest BCUT2D eigenvalue weighted by atomic mass is 10.1. The molecule has 0 radical (unpaired) electrons. The second-order valence-corrected chi connectivity index (χ2v) is 5.25. The molecule has 0 aliphatic rings. The first kappa shape index (κ1) is 13.2. The summed E-state index contributed by atoms with van der Waals surface area (Å²) in [6, 6.07) is 0. The second-order valence-electron chi connectivity index (χ2n) is 3.74. The van der Waals surface area contributed by atoms with Gasteiger partial charge in [-0.2, -0.15) is 11.8 Å². The largest absolute Gasteiger partial charge is 0.379 e. The van der Waals surface area contributed by atoms with Crippen LogP contribution in [0, 0.1) is 0 Å². The van der Waals surface area contributed by atoms with E-state index in [1.807, 2.05) is 18.7 Å². The van der Waals surface area contributed by atoms with E-state index in [2.05, 4.69) is 24.9 Å². The zero-order chi connectivity index (χ0) is 10.3. The Hall–Kier alpha value is 0.230. The van der Waals surface area contributed by atoms with Gasteiger partial charge in [0.25, 0.3) is 0 Å². The van der Waals surface area contributed by atoms with Gasteiger partial charge in [-0.3, -0.25) is 4.84 Å². The molecule has 0 aromatic carbocycles. The fourth-order valence-electron chi connectivity index (χ4n) is 0.709. The molecule has 80 valence electrons. The van der Waals surface area contributed by atoms with Gasteiger partial charge in [-0.1, -0.05) is 13.8 Å². The van der Waals surface area contributed by atoms with Crippen molar-refractivity contribution in [3.05, 3.63) is 0 Å². The number of ether oxygens (including phenoxy) is 1.